The van der Waals surface area contributed by atoms with Gasteiger partial charge < -0.3 is 4.74 Å². The Hall–Kier alpha value is -1.31. The van der Waals surface area contributed by atoms with Crippen molar-refractivity contribution in [3.05, 3.63) is 37.5 Å². The third-order valence-electron chi connectivity index (χ3n) is 4.24. The highest BCUT2D eigenvalue weighted by Crippen LogP contribution is 2.33. The average molecular weight is 290 g/mol. The van der Waals surface area contributed by atoms with Crippen LogP contribution in [0.2, 0.25) is 0 Å². The van der Waals surface area contributed by atoms with Crippen molar-refractivity contribution in [2.24, 2.45) is 5.92 Å². The van der Waals surface area contributed by atoms with Gasteiger partial charge in [0.05, 0.1) is 0 Å². The summed E-state index contributed by atoms with van der Waals surface area (Å²) in [5, 5.41) is 0. The van der Waals surface area contributed by atoms with E-state index in [1.165, 1.54) is 25.7 Å². The van der Waals surface area contributed by atoms with Gasteiger partial charge in [0, 0.05) is 11.5 Å². The van der Waals surface area contributed by atoms with Gasteiger partial charge in [0.1, 0.15) is 6.10 Å². The molecular weight excluding hydrogens is 260 g/mol. The maximum absolute atomic E-state index is 11.7. The Kier molecular flexibility index (Phi) is 8.80. The van der Waals surface area contributed by atoms with Gasteiger partial charge in [-0.3, -0.25) is 0 Å². The molecule has 1 heterocycles. The summed E-state index contributed by atoms with van der Waals surface area (Å²) in [6.07, 6.45) is 15.2. The lowest BCUT2D eigenvalue weighted by atomic mass is 9.89. The maximum atomic E-state index is 11.7. The van der Waals surface area contributed by atoms with Gasteiger partial charge in [-0.1, -0.05) is 38.0 Å². The number of carbonyl (C=O) groups is 1. The van der Waals surface area contributed by atoms with Crippen LogP contribution in [0.25, 0.3) is 0 Å². The number of carbonyl (C=O) groups excluding carboxylic acids is 1. The van der Waals surface area contributed by atoms with Crippen LogP contribution in [0, 0.1) is 5.92 Å². The lowest BCUT2D eigenvalue weighted by molar-refractivity contribution is -0.139. The van der Waals surface area contributed by atoms with Crippen molar-refractivity contribution in [3.8, 4) is 0 Å². The molecule has 1 saturated heterocycles. The third kappa shape index (κ3) is 6.33. The van der Waals surface area contributed by atoms with Crippen LogP contribution in [0.4, 0.5) is 0 Å². The maximum Gasteiger partial charge on any atom is 0.334 e. The molecule has 0 saturated carbocycles. The molecule has 0 aliphatic carbocycles. The number of unbranched alkanes of at least 4 members (excludes halogenated alkanes) is 6. The number of esters is 1. The molecule has 0 N–H and O–H groups in total. The molecule has 0 bridgehead atoms. The molecule has 0 aromatic carbocycles. The van der Waals surface area contributed by atoms with Gasteiger partial charge in [-0.2, -0.15) is 0 Å². The van der Waals surface area contributed by atoms with Gasteiger partial charge in [-0.15, -0.1) is 13.2 Å². The molecule has 0 spiro atoms. The Morgan fingerprint density at radius 3 is 2.24 bits per heavy atom. The lowest BCUT2D eigenvalue weighted by Gasteiger charge is -2.17. The zero-order valence-electron chi connectivity index (χ0n) is 13.3. The van der Waals surface area contributed by atoms with Crippen LogP contribution in [0.5, 0.6) is 0 Å². The summed E-state index contributed by atoms with van der Waals surface area (Å²) in [5.41, 5.74) is 0.676. The summed E-state index contributed by atoms with van der Waals surface area (Å²) in [4.78, 5) is 11.7. The number of hydrogen-bond acceptors (Lipinski definition) is 2. The SMILES string of the molecule is C=CCCCCCCC[C@@H]1OC(=O)C(=C)[C@H]1CCCC=C. The molecule has 2 atom stereocenters. The van der Waals surface area contributed by atoms with E-state index >= 15 is 0 Å². The molecule has 21 heavy (non-hydrogen) atoms. The first-order chi connectivity index (χ1) is 10.2. The van der Waals surface area contributed by atoms with Gasteiger partial charge in [-0.05, 0) is 44.9 Å². The van der Waals surface area contributed by atoms with Crippen LogP contribution in [0.3, 0.4) is 0 Å². The van der Waals surface area contributed by atoms with E-state index in [2.05, 4.69) is 19.7 Å². The average Bonchev–Trinajstić information content (AvgIpc) is 2.74. The standard InChI is InChI=1S/C19H30O2/c1-4-6-8-9-10-11-13-15-18-17(14-12-7-5-2)16(3)19(20)21-18/h4-5,17-18H,1-3,6-15H2/t17-,18+/m1/s1. The van der Waals surface area contributed by atoms with E-state index in [4.69, 9.17) is 4.74 Å². The van der Waals surface area contributed by atoms with E-state index in [-0.39, 0.29) is 18.0 Å². The van der Waals surface area contributed by atoms with Crippen LogP contribution in [-0.2, 0) is 9.53 Å². The zero-order chi connectivity index (χ0) is 15.5. The van der Waals surface area contributed by atoms with Gasteiger partial charge in [0.2, 0.25) is 0 Å². The fraction of sp³-hybridized carbons (Fsp3) is 0.632. The molecule has 2 heteroatoms. The van der Waals surface area contributed by atoms with Crippen molar-refractivity contribution < 1.29 is 9.53 Å². The summed E-state index contributed by atoms with van der Waals surface area (Å²) in [7, 11) is 0. The molecule has 1 fully saturated rings. The molecule has 0 unspecified atom stereocenters. The van der Waals surface area contributed by atoms with Gasteiger partial charge >= 0.3 is 5.97 Å². The highest BCUT2D eigenvalue weighted by Gasteiger charge is 2.37. The Bertz CT molecular complexity index is 357. The second kappa shape index (κ2) is 10.4. The summed E-state index contributed by atoms with van der Waals surface area (Å²) >= 11 is 0. The topological polar surface area (TPSA) is 26.3 Å². The van der Waals surface area contributed by atoms with Gasteiger partial charge in [-0.25, -0.2) is 4.79 Å². The van der Waals surface area contributed by atoms with Gasteiger partial charge in [0.25, 0.3) is 0 Å². The van der Waals surface area contributed by atoms with Crippen molar-refractivity contribution in [2.45, 2.75) is 70.3 Å². The molecular formula is C19H30O2. The minimum Gasteiger partial charge on any atom is -0.458 e. The number of cyclic esters (lactones) is 1. The van der Waals surface area contributed by atoms with E-state index in [0.717, 1.165) is 38.5 Å². The molecule has 0 aromatic heterocycles. The highest BCUT2D eigenvalue weighted by atomic mass is 16.6. The molecule has 1 rings (SSSR count). The van der Waals surface area contributed by atoms with Crippen molar-refractivity contribution in [1.29, 1.82) is 0 Å². The quantitative estimate of drug-likeness (QED) is 0.209. The highest BCUT2D eigenvalue weighted by molar-refractivity contribution is 5.90. The van der Waals surface area contributed by atoms with Crippen molar-refractivity contribution in [2.75, 3.05) is 0 Å². The van der Waals surface area contributed by atoms with Crippen molar-refractivity contribution in [1.82, 2.24) is 0 Å². The number of allylic oxidation sites excluding steroid dienone is 2. The molecule has 2 nitrogen and oxygen atoms in total. The number of hydrogen-bond donors (Lipinski definition) is 0. The zero-order valence-corrected chi connectivity index (χ0v) is 13.3. The Morgan fingerprint density at radius 2 is 1.52 bits per heavy atom. The molecule has 0 aromatic rings. The van der Waals surface area contributed by atoms with Crippen molar-refractivity contribution >= 4 is 5.97 Å². The van der Waals surface area contributed by atoms with Crippen LogP contribution >= 0.6 is 0 Å². The summed E-state index contributed by atoms with van der Waals surface area (Å²) in [6, 6.07) is 0. The molecule has 1 aliphatic rings. The normalized spacial score (nSPS) is 21.3. The first-order valence-corrected chi connectivity index (χ1v) is 8.32. The monoisotopic (exact) mass is 290 g/mol. The van der Waals surface area contributed by atoms with E-state index in [1.54, 1.807) is 0 Å². The molecule has 0 radical (unpaired) electrons. The van der Waals surface area contributed by atoms with E-state index in [9.17, 15) is 4.79 Å². The largest absolute Gasteiger partial charge is 0.458 e. The van der Waals surface area contributed by atoms with E-state index in [0.29, 0.717) is 5.57 Å². The summed E-state index contributed by atoms with van der Waals surface area (Å²) < 4.78 is 5.48. The second-order valence-corrected chi connectivity index (χ2v) is 5.93. The Labute approximate surface area is 130 Å². The fourth-order valence-electron chi connectivity index (χ4n) is 2.94. The first-order valence-electron chi connectivity index (χ1n) is 8.32. The van der Waals surface area contributed by atoms with Crippen LogP contribution in [-0.4, -0.2) is 12.1 Å². The molecule has 0 amide bonds. The van der Waals surface area contributed by atoms with Crippen LogP contribution in [0.15, 0.2) is 37.5 Å². The fourth-order valence-corrected chi connectivity index (χ4v) is 2.94. The molecule has 1 aliphatic heterocycles. The summed E-state index contributed by atoms with van der Waals surface area (Å²) in [6.45, 7) is 11.4. The predicted octanol–water partition coefficient (Wildman–Crippen LogP) is 5.36. The van der Waals surface area contributed by atoms with Crippen LogP contribution in [0.1, 0.15) is 64.2 Å². The Morgan fingerprint density at radius 1 is 0.905 bits per heavy atom. The smallest absolute Gasteiger partial charge is 0.334 e. The summed E-state index contributed by atoms with van der Waals surface area (Å²) in [5.74, 6) is 0.0350. The lowest BCUT2D eigenvalue weighted by Crippen LogP contribution is -2.16. The predicted molar refractivity (Wildman–Crippen MR) is 89.1 cm³/mol. The number of rotatable bonds is 12. The van der Waals surface area contributed by atoms with Crippen LogP contribution < -0.4 is 0 Å². The molecule has 118 valence electrons. The minimum absolute atomic E-state index is 0.0583. The van der Waals surface area contributed by atoms with Crippen molar-refractivity contribution in [3.63, 3.8) is 0 Å². The number of ether oxygens (including phenoxy) is 1. The van der Waals surface area contributed by atoms with E-state index < -0.39 is 0 Å². The first kappa shape index (κ1) is 17.7. The Balaban J connectivity index is 2.24. The van der Waals surface area contributed by atoms with Gasteiger partial charge in [0.15, 0.2) is 0 Å². The van der Waals surface area contributed by atoms with E-state index in [1.807, 2.05) is 12.2 Å². The third-order valence-corrected chi connectivity index (χ3v) is 4.24. The minimum atomic E-state index is -0.186. The second-order valence-electron chi connectivity index (χ2n) is 5.93.